The van der Waals surface area contributed by atoms with Crippen molar-refractivity contribution in [2.24, 2.45) is 5.92 Å². The van der Waals surface area contributed by atoms with Crippen LogP contribution in [0.3, 0.4) is 0 Å². The van der Waals surface area contributed by atoms with Crippen LogP contribution < -0.4 is 10.6 Å². The summed E-state index contributed by atoms with van der Waals surface area (Å²) in [7, 11) is 2.19. The van der Waals surface area contributed by atoms with Crippen LogP contribution in [0.25, 0.3) is 0 Å². The monoisotopic (exact) mass is 305 g/mol. The molecule has 2 fully saturated rings. The highest BCUT2D eigenvalue weighted by atomic mass is 32.1. The van der Waals surface area contributed by atoms with Crippen molar-refractivity contribution in [2.45, 2.75) is 24.9 Å². The zero-order chi connectivity index (χ0) is 14.3. The summed E-state index contributed by atoms with van der Waals surface area (Å²) in [4.78, 5) is 3.26. The maximum absolute atomic E-state index is 5.57. The summed E-state index contributed by atoms with van der Waals surface area (Å²) in [5.74, 6) is 0.351. The lowest BCUT2D eigenvalue weighted by atomic mass is 9.72. The van der Waals surface area contributed by atoms with E-state index in [0.717, 1.165) is 18.0 Å². The largest absolute Gasteiger partial charge is 0.350 e. The summed E-state index contributed by atoms with van der Waals surface area (Å²) in [6.07, 6.45) is 0.986. The van der Waals surface area contributed by atoms with Crippen LogP contribution >= 0.6 is 24.4 Å². The summed E-state index contributed by atoms with van der Waals surface area (Å²) in [5.41, 5.74) is 1.14. The Kier molecular flexibility index (Phi) is 3.52. The Morgan fingerprint density at radius 1 is 1.25 bits per heavy atom. The zero-order valence-electron chi connectivity index (χ0n) is 11.7. The third-order valence-corrected chi connectivity index (χ3v) is 5.37. The van der Waals surface area contributed by atoms with Crippen molar-refractivity contribution in [3.63, 3.8) is 0 Å². The molecule has 2 aliphatic heterocycles. The number of thiocarbonyl (C=S) groups is 2. The summed E-state index contributed by atoms with van der Waals surface area (Å²) >= 11 is 10.8. The van der Waals surface area contributed by atoms with E-state index >= 15 is 0 Å². The molecule has 0 radical (unpaired) electrons. The van der Waals surface area contributed by atoms with Gasteiger partial charge >= 0.3 is 0 Å². The van der Waals surface area contributed by atoms with E-state index in [9.17, 15) is 0 Å². The minimum Gasteiger partial charge on any atom is -0.350 e. The van der Waals surface area contributed by atoms with Crippen LogP contribution in [0.15, 0.2) is 30.3 Å². The molecular weight excluding hydrogens is 286 g/mol. The van der Waals surface area contributed by atoms with Gasteiger partial charge in [0.25, 0.3) is 0 Å². The third kappa shape index (κ3) is 2.05. The molecule has 1 aromatic rings. The minimum atomic E-state index is -0.195. The van der Waals surface area contributed by atoms with Crippen molar-refractivity contribution in [3.8, 4) is 0 Å². The minimum absolute atomic E-state index is 0.195. The van der Waals surface area contributed by atoms with E-state index in [-0.39, 0.29) is 5.54 Å². The first kappa shape index (κ1) is 13.9. The highest BCUT2D eigenvalue weighted by Crippen LogP contribution is 2.42. The van der Waals surface area contributed by atoms with Gasteiger partial charge in [-0.05, 0) is 31.2 Å². The zero-order valence-corrected chi connectivity index (χ0v) is 13.4. The quantitative estimate of drug-likeness (QED) is 0.776. The maximum atomic E-state index is 5.57. The van der Waals surface area contributed by atoms with Crippen molar-refractivity contribution in [3.05, 3.63) is 35.9 Å². The molecule has 0 amide bonds. The normalized spacial score (nSPS) is 34.1. The number of rotatable bonds is 1. The molecule has 2 saturated heterocycles. The van der Waals surface area contributed by atoms with E-state index < -0.39 is 0 Å². The number of likely N-dealkylation sites (tertiary alicyclic amines) is 1. The second kappa shape index (κ2) is 5.06. The smallest absolute Gasteiger partial charge is 0.172 e. The number of hydrogen-bond donors (Lipinski definition) is 2. The first-order valence-corrected chi connectivity index (χ1v) is 7.75. The Bertz CT molecular complexity index is 545. The molecule has 20 heavy (non-hydrogen) atoms. The molecule has 0 aromatic heterocycles. The number of benzene rings is 1. The van der Waals surface area contributed by atoms with Crippen molar-refractivity contribution in [1.82, 2.24) is 15.5 Å². The molecule has 0 aliphatic carbocycles. The van der Waals surface area contributed by atoms with E-state index in [2.05, 4.69) is 59.8 Å². The van der Waals surface area contributed by atoms with Crippen LogP contribution in [0.1, 0.15) is 24.9 Å². The molecule has 0 bridgehead atoms. The lowest BCUT2D eigenvalue weighted by Gasteiger charge is -2.48. The highest BCUT2D eigenvalue weighted by Gasteiger charge is 2.52. The molecule has 1 aromatic carbocycles. The molecule has 0 saturated carbocycles. The summed E-state index contributed by atoms with van der Waals surface area (Å²) < 4.78 is 0. The average molecular weight is 305 g/mol. The van der Waals surface area contributed by atoms with Gasteiger partial charge in [0.1, 0.15) is 4.99 Å². The fraction of sp³-hybridized carbons (Fsp3) is 0.467. The Labute approximate surface area is 130 Å². The van der Waals surface area contributed by atoms with Gasteiger partial charge in [-0.15, -0.1) is 0 Å². The predicted octanol–water partition coefficient (Wildman–Crippen LogP) is 2.24. The van der Waals surface area contributed by atoms with Crippen molar-refractivity contribution in [1.29, 1.82) is 0 Å². The Morgan fingerprint density at radius 3 is 2.55 bits per heavy atom. The standard InChI is InChI=1S/C15H19N3S2/c1-10-12(11-6-4-3-5-7-11)18(2)9-8-15(10)13(19)16-14(20)17-15/h3-7,10,12H,8-9H2,1-2H3,(H2,16,17,19,20)/t10-,12-,15+/m0/s1. The van der Waals surface area contributed by atoms with Crippen molar-refractivity contribution < 1.29 is 0 Å². The van der Waals surface area contributed by atoms with Crippen LogP contribution in [0.2, 0.25) is 0 Å². The molecule has 3 atom stereocenters. The first-order valence-electron chi connectivity index (χ1n) is 6.93. The molecule has 106 valence electrons. The summed E-state index contributed by atoms with van der Waals surface area (Å²) in [6.45, 7) is 3.27. The fourth-order valence-electron chi connectivity index (χ4n) is 3.57. The Balaban J connectivity index is 1.99. The van der Waals surface area contributed by atoms with Gasteiger partial charge in [0, 0.05) is 18.5 Å². The van der Waals surface area contributed by atoms with Gasteiger partial charge in [-0.3, -0.25) is 4.90 Å². The van der Waals surface area contributed by atoms with Gasteiger partial charge in [-0.25, -0.2) is 0 Å². The van der Waals surface area contributed by atoms with Gasteiger partial charge in [0.15, 0.2) is 5.11 Å². The van der Waals surface area contributed by atoms with E-state index in [1.807, 2.05) is 0 Å². The average Bonchev–Trinajstić information content (AvgIpc) is 2.72. The molecule has 2 heterocycles. The fourth-order valence-corrected chi connectivity index (χ4v) is 4.36. The molecule has 2 N–H and O–H groups in total. The number of piperidine rings is 1. The maximum Gasteiger partial charge on any atom is 0.172 e. The van der Waals surface area contributed by atoms with Gasteiger partial charge in [0.05, 0.1) is 5.54 Å². The first-order chi connectivity index (χ1) is 9.54. The van der Waals surface area contributed by atoms with Gasteiger partial charge in [-0.2, -0.15) is 0 Å². The second-order valence-corrected chi connectivity index (χ2v) is 6.57. The van der Waals surface area contributed by atoms with Crippen LogP contribution in [-0.4, -0.2) is 34.1 Å². The van der Waals surface area contributed by atoms with Crippen molar-refractivity contribution >= 4 is 34.5 Å². The molecule has 1 spiro atoms. The summed E-state index contributed by atoms with van der Waals surface area (Å²) in [5, 5.41) is 7.23. The third-order valence-electron chi connectivity index (χ3n) is 4.69. The van der Waals surface area contributed by atoms with E-state index in [0.29, 0.717) is 17.1 Å². The molecule has 3 rings (SSSR count). The van der Waals surface area contributed by atoms with E-state index in [4.69, 9.17) is 24.4 Å². The molecule has 0 unspecified atom stereocenters. The summed E-state index contributed by atoms with van der Waals surface area (Å²) in [6, 6.07) is 11.0. The number of nitrogens with one attached hydrogen (secondary N) is 2. The van der Waals surface area contributed by atoms with Crippen molar-refractivity contribution in [2.75, 3.05) is 13.6 Å². The number of nitrogens with zero attached hydrogens (tertiary/aromatic N) is 1. The van der Waals surface area contributed by atoms with Gasteiger partial charge in [0.2, 0.25) is 0 Å². The lowest BCUT2D eigenvalue weighted by molar-refractivity contribution is 0.0838. The van der Waals surface area contributed by atoms with Gasteiger partial charge < -0.3 is 10.6 Å². The number of hydrogen-bond acceptors (Lipinski definition) is 3. The van der Waals surface area contributed by atoms with Crippen LogP contribution in [0, 0.1) is 5.92 Å². The predicted molar refractivity (Wildman–Crippen MR) is 89.8 cm³/mol. The Hall–Kier alpha value is -1.04. The Morgan fingerprint density at radius 2 is 1.95 bits per heavy atom. The van der Waals surface area contributed by atoms with Gasteiger partial charge in [-0.1, -0.05) is 49.5 Å². The van der Waals surface area contributed by atoms with Crippen LogP contribution in [-0.2, 0) is 0 Å². The van der Waals surface area contributed by atoms with E-state index in [1.54, 1.807) is 0 Å². The second-order valence-electron chi connectivity index (χ2n) is 5.75. The lowest BCUT2D eigenvalue weighted by Crippen LogP contribution is -2.60. The molecular formula is C15H19N3S2. The van der Waals surface area contributed by atoms with E-state index in [1.165, 1.54) is 5.56 Å². The molecule has 3 nitrogen and oxygen atoms in total. The van der Waals surface area contributed by atoms with Crippen LogP contribution in [0.5, 0.6) is 0 Å². The topological polar surface area (TPSA) is 27.3 Å². The molecule has 5 heteroatoms. The SMILES string of the molecule is C[C@H]1[C@@H](c2ccccc2)N(C)CC[C@@]12NC(=S)NC2=S. The van der Waals surface area contributed by atoms with Crippen LogP contribution in [0.4, 0.5) is 0 Å². The highest BCUT2D eigenvalue weighted by molar-refractivity contribution is 7.82. The molecule has 2 aliphatic rings.